The summed E-state index contributed by atoms with van der Waals surface area (Å²) in [6.07, 6.45) is 0. The minimum atomic E-state index is -0.270. The third kappa shape index (κ3) is 4.11. The van der Waals surface area contributed by atoms with Gasteiger partial charge in [0.25, 0.3) is 0 Å². The Bertz CT molecular complexity index is 395. The Labute approximate surface area is 108 Å². The minimum absolute atomic E-state index is 0.0678. The van der Waals surface area contributed by atoms with Crippen LogP contribution in [0.3, 0.4) is 0 Å². The molecule has 0 aromatic heterocycles. The summed E-state index contributed by atoms with van der Waals surface area (Å²) in [4.78, 5) is 11.7. The smallest absolute Gasteiger partial charge is 0.234 e. The van der Waals surface area contributed by atoms with E-state index in [0.29, 0.717) is 0 Å². The largest absolute Gasteiger partial charge is 0.348 e. The molecule has 1 aromatic carbocycles. The van der Waals surface area contributed by atoms with Crippen molar-refractivity contribution < 1.29 is 9.18 Å². The number of nitrogens with one attached hydrogen (secondary N) is 2. The Morgan fingerprint density at radius 1 is 1.28 bits per heavy atom. The number of benzene rings is 1. The lowest BCUT2D eigenvalue weighted by molar-refractivity contribution is -0.121. The van der Waals surface area contributed by atoms with Gasteiger partial charge < -0.3 is 10.6 Å². The molecule has 0 aliphatic rings. The number of amides is 1. The number of carbonyl (C=O) groups excluding carboxylic acids is 1. The van der Waals surface area contributed by atoms with Gasteiger partial charge in [-0.25, -0.2) is 4.39 Å². The monoisotopic (exact) mass is 252 g/mol. The predicted molar refractivity (Wildman–Crippen MR) is 70.7 cm³/mol. The highest BCUT2D eigenvalue weighted by Crippen LogP contribution is 2.32. The Morgan fingerprint density at radius 3 is 2.28 bits per heavy atom. The van der Waals surface area contributed by atoms with E-state index >= 15 is 0 Å². The lowest BCUT2D eigenvalue weighted by Gasteiger charge is -2.32. The van der Waals surface area contributed by atoms with Gasteiger partial charge >= 0.3 is 0 Å². The zero-order valence-corrected chi connectivity index (χ0v) is 11.4. The first-order chi connectivity index (χ1) is 8.34. The van der Waals surface area contributed by atoms with E-state index in [2.05, 4.69) is 10.6 Å². The summed E-state index contributed by atoms with van der Waals surface area (Å²) in [6.45, 7) is 6.40. The molecule has 2 N–H and O–H groups in total. The van der Waals surface area contributed by atoms with E-state index in [9.17, 15) is 9.18 Å². The molecule has 0 fully saturated rings. The maximum absolute atomic E-state index is 12.9. The average Bonchev–Trinajstić information content (AvgIpc) is 2.26. The van der Waals surface area contributed by atoms with Crippen molar-refractivity contribution in [1.82, 2.24) is 10.6 Å². The second-order valence-corrected chi connectivity index (χ2v) is 5.45. The van der Waals surface area contributed by atoms with Crippen LogP contribution in [0.15, 0.2) is 24.3 Å². The van der Waals surface area contributed by atoms with Crippen LogP contribution < -0.4 is 10.6 Å². The molecule has 1 aromatic rings. The Hall–Kier alpha value is -1.42. The van der Waals surface area contributed by atoms with Crippen LogP contribution in [-0.2, 0) is 4.79 Å². The van der Waals surface area contributed by atoms with Crippen molar-refractivity contribution in [2.45, 2.75) is 26.8 Å². The van der Waals surface area contributed by atoms with Crippen LogP contribution in [0.25, 0.3) is 0 Å². The van der Waals surface area contributed by atoms with Crippen LogP contribution >= 0.6 is 0 Å². The molecule has 0 heterocycles. The number of hydrogen-bond donors (Lipinski definition) is 2. The molecule has 1 atom stereocenters. The fraction of sp³-hybridized carbons (Fsp3) is 0.500. The first-order valence-electron chi connectivity index (χ1n) is 6.04. The molecule has 100 valence electrons. The first kappa shape index (κ1) is 14.6. The fourth-order valence-electron chi connectivity index (χ4n) is 1.83. The topological polar surface area (TPSA) is 41.1 Å². The van der Waals surface area contributed by atoms with Crippen LogP contribution in [0.1, 0.15) is 32.4 Å². The van der Waals surface area contributed by atoms with Crippen LogP contribution in [0.5, 0.6) is 0 Å². The fourth-order valence-corrected chi connectivity index (χ4v) is 1.83. The van der Waals surface area contributed by atoms with Crippen molar-refractivity contribution in [2.24, 2.45) is 5.41 Å². The molecule has 1 unspecified atom stereocenters. The van der Waals surface area contributed by atoms with E-state index in [1.807, 2.05) is 20.8 Å². The van der Waals surface area contributed by atoms with Crippen LogP contribution in [-0.4, -0.2) is 19.5 Å². The predicted octanol–water partition coefficient (Wildman–Crippen LogP) is 2.25. The zero-order valence-electron chi connectivity index (χ0n) is 11.4. The maximum Gasteiger partial charge on any atom is 0.234 e. The van der Waals surface area contributed by atoms with Gasteiger partial charge in [-0.2, -0.15) is 0 Å². The highest BCUT2D eigenvalue weighted by Gasteiger charge is 2.27. The maximum atomic E-state index is 12.9. The molecular formula is C14H21FN2O. The molecule has 18 heavy (non-hydrogen) atoms. The second kappa shape index (κ2) is 5.96. The van der Waals surface area contributed by atoms with Crippen molar-refractivity contribution in [2.75, 3.05) is 13.6 Å². The van der Waals surface area contributed by atoms with Crippen molar-refractivity contribution >= 4 is 5.91 Å². The summed E-state index contributed by atoms with van der Waals surface area (Å²) in [5.41, 5.74) is 0.773. The third-order valence-corrected chi connectivity index (χ3v) is 2.71. The first-order valence-corrected chi connectivity index (χ1v) is 6.04. The third-order valence-electron chi connectivity index (χ3n) is 2.71. The highest BCUT2D eigenvalue weighted by atomic mass is 19.1. The van der Waals surface area contributed by atoms with Crippen molar-refractivity contribution in [1.29, 1.82) is 0 Å². The van der Waals surface area contributed by atoms with Gasteiger partial charge in [-0.3, -0.25) is 4.79 Å². The number of likely N-dealkylation sites (N-methyl/N-ethyl adjacent to an activating group) is 1. The summed E-state index contributed by atoms with van der Waals surface area (Å²) < 4.78 is 12.9. The highest BCUT2D eigenvalue weighted by molar-refractivity contribution is 5.78. The molecule has 0 bridgehead atoms. The van der Waals surface area contributed by atoms with E-state index in [1.54, 1.807) is 19.2 Å². The lowest BCUT2D eigenvalue weighted by Crippen LogP contribution is -2.40. The molecule has 0 saturated carbocycles. The van der Waals surface area contributed by atoms with Gasteiger partial charge in [0, 0.05) is 0 Å². The van der Waals surface area contributed by atoms with Gasteiger partial charge in [-0.1, -0.05) is 32.9 Å². The molecule has 0 spiro atoms. The summed E-state index contributed by atoms with van der Waals surface area (Å²) in [6, 6.07) is 6.12. The van der Waals surface area contributed by atoms with Crippen LogP contribution in [0.2, 0.25) is 0 Å². The van der Waals surface area contributed by atoms with Crippen LogP contribution in [0.4, 0.5) is 4.39 Å². The molecule has 1 rings (SSSR count). The number of halogens is 1. The minimum Gasteiger partial charge on any atom is -0.348 e. The van der Waals surface area contributed by atoms with E-state index in [4.69, 9.17) is 0 Å². The van der Waals surface area contributed by atoms with Gasteiger partial charge in [-0.05, 0) is 30.2 Å². The summed E-state index contributed by atoms with van der Waals surface area (Å²) >= 11 is 0. The van der Waals surface area contributed by atoms with Crippen molar-refractivity contribution in [3.05, 3.63) is 35.6 Å². The normalized spacial score (nSPS) is 13.2. The average molecular weight is 252 g/mol. The van der Waals surface area contributed by atoms with Crippen molar-refractivity contribution in [3.63, 3.8) is 0 Å². The summed E-state index contributed by atoms with van der Waals surface area (Å²) in [5.74, 6) is -0.338. The Morgan fingerprint density at radius 2 is 1.83 bits per heavy atom. The summed E-state index contributed by atoms with van der Waals surface area (Å²) in [5, 5.41) is 5.78. The van der Waals surface area contributed by atoms with Gasteiger partial charge in [0.1, 0.15) is 5.82 Å². The second-order valence-electron chi connectivity index (χ2n) is 5.45. The van der Waals surface area contributed by atoms with E-state index in [-0.39, 0.29) is 29.7 Å². The zero-order chi connectivity index (χ0) is 13.8. The van der Waals surface area contributed by atoms with Gasteiger partial charge in [0.05, 0.1) is 12.6 Å². The molecule has 0 radical (unpaired) electrons. The van der Waals surface area contributed by atoms with E-state index < -0.39 is 0 Å². The van der Waals surface area contributed by atoms with Gasteiger partial charge in [0.15, 0.2) is 0 Å². The number of hydrogen-bond acceptors (Lipinski definition) is 2. The lowest BCUT2D eigenvalue weighted by atomic mass is 9.82. The molecule has 1 amide bonds. The van der Waals surface area contributed by atoms with E-state index in [0.717, 1.165) is 5.56 Å². The van der Waals surface area contributed by atoms with Crippen molar-refractivity contribution in [3.8, 4) is 0 Å². The standard InChI is InChI=1S/C14H21FN2O/c1-14(2,3)13(17-12(18)9-16-4)10-5-7-11(15)8-6-10/h5-8,13,16H,9H2,1-4H3,(H,17,18). The SMILES string of the molecule is CNCC(=O)NC(c1ccc(F)cc1)C(C)(C)C. The molecule has 0 aliphatic carbocycles. The quantitative estimate of drug-likeness (QED) is 0.863. The Kier molecular flexibility index (Phi) is 4.84. The van der Waals surface area contributed by atoms with Gasteiger partial charge in [0.2, 0.25) is 5.91 Å². The molecule has 4 heteroatoms. The summed E-state index contributed by atoms with van der Waals surface area (Å²) in [7, 11) is 1.73. The Balaban J connectivity index is 2.92. The molecular weight excluding hydrogens is 231 g/mol. The molecule has 3 nitrogen and oxygen atoms in total. The molecule has 0 aliphatic heterocycles. The van der Waals surface area contributed by atoms with E-state index in [1.165, 1.54) is 12.1 Å². The number of carbonyl (C=O) groups is 1. The number of rotatable bonds is 4. The van der Waals surface area contributed by atoms with Gasteiger partial charge in [-0.15, -0.1) is 0 Å². The van der Waals surface area contributed by atoms with Crippen LogP contribution in [0, 0.1) is 11.2 Å². The molecule has 0 saturated heterocycles.